The molecule has 11 heteroatoms. The molecule has 0 saturated heterocycles. The molecule has 0 aromatic heterocycles. The van der Waals surface area contributed by atoms with Crippen LogP contribution in [0.5, 0.6) is 11.5 Å². The van der Waals surface area contributed by atoms with Crippen molar-refractivity contribution in [3.63, 3.8) is 0 Å². The molecule has 4 aromatic carbocycles. The van der Waals surface area contributed by atoms with Crippen LogP contribution >= 0.6 is 23.2 Å². The number of likely N-dealkylation sites (N-methyl/N-ethyl adjacent to an activating group) is 1. The highest BCUT2D eigenvalue weighted by Gasteiger charge is 2.34. The highest BCUT2D eigenvalue weighted by Crippen LogP contribution is 2.30. The van der Waals surface area contributed by atoms with Crippen LogP contribution in [0.15, 0.2) is 102 Å². The fourth-order valence-corrected chi connectivity index (χ4v) is 6.67. The van der Waals surface area contributed by atoms with Crippen LogP contribution in [-0.4, -0.2) is 44.3 Å². The van der Waals surface area contributed by atoms with Crippen molar-refractivity contribution in [2.45, 2.75) is 44.7 Å². The lowest BCUT2D eigenvalue weighted by Gasteiger charge is -2.33. The van der Waals surface area contributed by atoms with Crippen LogP contribution in [0, 0.1) is 6.92 Å². The third-order valence-electron chi connectivity index (χ3n) is 7.12. The highest BCUT2D eigenvalue weighted by molar-refractivity contribution is 7.92. The lowest BCUT2D eigenvalue weighted by molar-refractivity contribution is -0.140. The van der Waals surface area contributed by atoms with Crippen LogP contribution in [0.4, 0.5) is 5.69 Å². The molecule has 0 bridgehead atoms. The lowest BCUT2D eigenvalue weighted by Crippen LogP contribution is -2.52. The van der Waals surface area contributed by atoms with Gasteiger partial charge in [0.1, 0.15) is 24.1 Å². The van der Waals surface area contributed by atoms with Gasteiger partial charge in [0, 0.05) is 28.7 Å². The highest BCUT2D eigenvalue weighted by atomic mass is 35.5. The molecular formula is C34H35Cl2N3O5S. The van der Waals surface area contributed by atoms with E-state index in [1.54, 1.807) is 80.6 Å². The second kappa shape index (κ2) is 15.3. The van der Waals surface area contributed by atoms with Crippen molar-refractivity contribution in [3.8, 4) is 11.5 Å². The third-order valence-corrected chi connectivity index (χ3v) is 9.61. The molecule has 0 saturated carbocycles. The van der Waals surface area contributed by atoms with Crippen molar-refractivity contribution in [2.24, 2.45) is 0 Å². The Hall–Kier alpha value is -4.05. The minimum atomic E-state index is -4.23. The van der Waals surface area contributed by atoms with Crippen LogP contribution in [-0.2, 0) is 26.2 Å². The zero-order chi connectivity index (χ0) is 32.6. The van der Waals surface area contributed by atoms with Gasteiger partial charge in [-0.2, -0.15) is 0 Å². The summed E-state index contributed by atoms with van der Waals surface area (Å²) in [5.41, 5.74) is 1.58. The van der Waals surface area contributed by atoms with Gasteiger partial charge in [-0.1, -0.05) is 72.1 Å². The number of anilines is 1. The average Bonchev–Trinajstić information content (AvgIpc) is 3.02. The third kappa shape index (κ3) is 8.36. The monoisotopic (exact) mass is 667 g/mol. The summed E-state index contributed by atoms with van der Waals surface area (Å²) >= 11 is 12.9. The standard InChI is InChI=1S/C34H35Cl2N3O5S/c1-4-32(34(41)37-5-2)38(22-29-30(35)12-9-13-31(29)36)33(40)23-39(45(42,43)28-20-14-24(3)15-21-28)25-16-18-27(19-17-25)44-26-10-7-6-8-11-26/h6-21,32H,4-5,22-23H2,1-3H3,(H,37,41). The molecule has 8 nitrogen and oxygen atoms in total. The second-order valence-electron chi connectivity index (χ2n) is 10.3. The molecule has 4 rings (SSSR count). The minimum absolute atomic E-state index is 0.0157. The number of nitrogens with one attached hydrogen (secondary N) is 1. The van der Waals surface area contributed by atoms with E-state index in [2.05, 4.69) is 5.32 Å². The molecule has 45 heavy (non-hydrogen) atoms. The van der Waals surface area contributed by atoms with Crippen molar-refractivity contribution in [1.29, 1.82) is 0 Å². The van der Waals surface area contributed by atoms with E-state index in [9.17, 15) is 18.0 Å². The SMILES string of the molecule is CCNC(=O)C(CC)N(Cc1c(Cl)cccc1Cl)C(=O)CN(c1ccc(Oc2ccccc2)cc1)S(=O)(=O)c1ccc(C)cc1. The van der Waals surface area contributed by atoms with E-state index in [1.807, 2.05) is 25.1 Å². The minimum Gasteiger partial charge on any atom is -0.457 e. The molecule has 0 radical (unpaired) electrons. The number of benzene rings is 4. The van der Waals surface area contributed by atoms with Gasteiger partial charge >= 0.3 is 0 Å². The van der Waals surface area contributed by atoms with Crippen molar-refractivity contribution < 1.29 is 22.7 Å². The number of rotatable bonds is 13. The predicted octanol–water partition coefficient (Wildman–Crippen LogP) is 7.23. The van der Waals surface area contributed by atoms with Gasteiger partial charge in [-0.05, 0) is 80.9 Å². The summed E-state index contributed by atoms with van der Waals surface area (Å²) in [4.78, 5) is 28.7. The molecule has 0 spiro atoms. The van der Waals surface area contributed by atoms with Crippen LogP contribution < -0.4 is 14.4 Å². The average molecular weight is 669 g/mol. The number of nitrogens with zero attached hydrogens (tertiary/aromatic N) is 2. The van der Waals surface area contributed by atoms with Crippen LogP contribution in [0.2, 0.25) is 10.0 Å². The first-order valence-corrected chi connectivity index (χ1v) is 16.7. The van der Waals surface area contributed by atoms with E-state index in [-0.39, 0.29) is 29.5 Å². The fraction of sp³-hybridized carbons (Fsp3) is 0.235. The molecule has 236 valence electrons. The quantitative estimate of drug-likeness (QED) is 0.162. The van der Waals surface area contributed by atoms with Gasteiger partial charge in [0.15, 0.2) is 0 Å². The maximum Gasteiger partial charge on any atom is 0.264 e. The van der Waals surface area contributed by atoms with Gasteiger partial charge in [-0.15, -0.1) is 0 Å². The number of carbonyl (C=O) groups excluding carboxylic acids is 2. The molecule has 0 aliphatic heterocycles. The number of carbonyl (C=O) groups is 2. The largest absolute Gasteiger partial charge is 0.457 e. The van der Waals surface area contributed by atoms with E-state index in [1.165, 1.54) is 17.0 Å². The van der Waals surface area contributed by atoms with Crippen molar-refractivity contribution in [3.05, 3.63) is 118 Å². The fourth-order valence-electron chi connectivity index (χ4n) is 4.74. The Labute approximate surface area is 274 Å². The van der Waals surface area contributed by atoms with E-state index in [4.69, 9.17) is 27.9 Å². The maximum absolute atomic E-state index is 14.2. The molecule has 0 fully saturated rings. The van der Waals surface area contributed by atoms with Gasteiger partial charge in [-0.3, -0.25) is 13.9 Å². The molecule has 2 amide bonds. The smallest absolute Gasteiger partial charge is 0.264 e. The Morgan fingerprint density at radius 2 is 1.42 bits per heavy atom. The Morgan fingerprint density at radius 3 is 2.00 bits per heavy atom. The number of aryl methyl sites for hydroxylation is 1. The van der Waals surface area contributed by atoms with E-state index >= 15 is 0 Å². The number of ether oxygens (including phenoxy) is 1. The van der Waals surface area contributed by atoms with Crippen molar-refractivity contribution in [2.75, 3.05) is 17.4 Å². The molecule has 0 aliphatic carbocycles. The normalized spacial score (nSPS) is 11.8. The zero-order valence-electron chi connectivity index (χ0n) is 25.2. The maximum atomic E-state index is 14.2. The van der Waals surface area contributed by atoms with E-state index in [0.717, 1.165) is 9.87 Å². The predicted molar refractivity (Wildman–Crippen MR) is 178 cm³/mol. The van der Waals surface area contributed by atoms with E-state index in [0.29, 0.717) is 33.7 Å². The van der Waals surface area contributed by atoms with Crippen LogP contribution in [0.1, 0.15) is 31.4 Å². The van der Waals surface area contributed by atoms with Gasteiger partial charge in [0.2, 0.25) is 11.8 Å². The Bertz CT molecular complexity index is 1700. The summed E-state index contributed by atoms with van der Waals surface area (Å²) in [6, 6.07) is 26.0. The number of hydrogen-bond donors (Lipinski definition) is 1. The lowest BCUT2D eigenvalue weighted by atomic mass is 10.1. The first-order chi connectivity index (χ1) is 21.5. The molecule has 1 N–H and O–H groups in total. The van der Waals surface area contributed by atoms with Crippen LogP contribution in [0.25, 0.3) is 0 Å². The van der Waals surface area contributed by atoms with Gasteiger partial charge < -0.3 is 15.0 Å². The Kier molecular flexibility index (Phi) is 11.5. The van der Waals surface area contributed by atoms with Crippen molar-refractivity contribution >= 4 is 50.7 Å². The molecule has 1 atom stereocenters. The number of hydrogen-bond acceptors (Lipinski definition) is 5. The summed E-state index contributed by atoms with van der Waals surface area (Å²) < 4.78 is 35.2. The second-order valence-corrected chi connectivity index (χ2v) is 13.0. The molecule has 0 heterocycles. The number of halogens is 2. The number of para-hydroxylation sites is 1. The molecule has 4 aromatic rings. The summed E-state index contributed by atoms with van der Waals surface area (Å²) in [6.45, 7) is 5.08. The summed E-state index contributed by atoms with van der Waals surface area (Å²) in [7, 11) is -4.23. The Balaban J connectivity index is 1.75. The van der Waals surface area contributed by atoms with E-state index < -0.39 is 28.5 Å². The van der Waals surface area contributed by atoms with Gasteiger partial charge in [0.25, 0.3) is 10.0 Å². The summed E-state index contributed by atoms with van der Waals surface area (Å²) in [5.74, 6) is 0.131. The van der Waals surface area contributed by atoms with Crippen molar-refractivity contribution in [1.82, 2.24) is 10.2 Å². The first kappa shape index (κ1) is 33.8. The molecule has 0 aliphatic rings. The van der Waals surface area contributed by atoms with Gasteiger partial charge in [0.05, 0.1) is 10.6 Å². The van der Waals surface area contributed by atoms with Crippen LogP contribution in [0.3, 0.4) is 0 Å². The number of sulfonamides is 1. The summed E-state index contributed by atoms with van der Waals surface area (Å²) in [5, 5.41) is 3.42. The molecule has 1 unspecified atom stereocenters. The zero-order valence-corrected chi connectivity index (χ0v) is 27.6. The van der Waals surface area contributed by atoms with Gasteiger partial charge in [-0.25, -0.2) is 8.42 Å². The Morgan fingerprint density at radius 1 is 0.822 bits per heavy atom. The number of amides is 2. The first-order valence-electron chi connectivity index (χ1n) is 14.5. The summed E-state index contributed by atoms with van der Waals surface area (Å²) in [6.07, 6.45) is 0.274. The molecular weight excluding hydrogens is 633 g/mol. The topological polar surface area (TPSA) is 96.0 Å².